The predicted molar refractivity (Wildman–Crippen MR) is 138 cm³/mol. The minimum atomic E-state index is 0.119. The summed E-state index contributed by atoms with van der Waals surface area (Å²) in [5.74, 6) is 1.56. The molecule has 0 radical (unpaired) electrons. The van der Waals surface area contributed by atoms with E-state index in [9.17, 15) is 4.79 Å². The Morgan fingerprint density at radius 2 is 2.03 bits per heavy atom. The molecule has 3 N–H and O–H groups in total. The van der Waals surface area contributed by atoms with Crippen molar-refractivity contribution in [3.05, 3.63) is 40.8 Å². The number of hydrogen-bond donors (Lipinski definition) is 2. The van der Waals surface area contributed by atoms with Crippen molar-refractivity contribution in [2.24, 2.45) is 5.92 Å². The highest BCUT2D eigenvalue weighted by Gasteiger charge is 2.30. The maximum atomic E-state index is 13.1. The largest absolute Gasteiger partial charge is 0.368 e. The third-order valence-electron chi connectivity index (χ3n) is 7.02. The Hall–Kier alpha value is -3.64. The number of aromatic nitrogens is 6. The summed E-state index contributed by atoms with van der Waals surface area (Å²) in [6, 6.07) is 2.03. The number of hydrogen-bond acceptors (Lipinski definition) is 10. The van der Waals surface area contributed by atoms with Crippen LogP contribution in [0.5, 0.6) is 0 Å². The van der Waals surface area contributed by atoms with Crippen LogP contribution in [0.2, 0.25) is 0 Å². The molecule has 1 amide bonds. The van der Waals surface area contributed by atoms with Crippen LogP contribution in [-0.4, -0.2) is 72.1 Å². The van der Waals surface area contributed by atoms with Gasteiger partial charge in [-0.25, -0.2) is 9.97 Å². The summed E-state index contributed by atoms with van der Waals surface area (Å²) >= 11 is 1.55. The third-order valence-corrected chi connectivity index (χ3v) is 8.10. The summed E-state index contributed by atoms with van der Waals surface area (Å²) < 4.78 is 2.43. The molecule has 11 nitrogen and oxygen atoms in total. The highest BCUT2D eigenvalue weighted by atomic mass is 32.1. The Labute approximate surface area is 212 Å². The van der Waals surface area contributed by atoms with Crippen LogP contribution in [0, 0.1) is 12.8 Å². The van der Waals surface area contributed by atoms with Crippen molar-refractivity contribution in [3.8, 4) is 5.82 Å². The van der Waals surface area contributed by atoms with Crippen molar-refractivity contribution in [1.82, 2.24) is 39.5 Å². The Morgan fingerprint density at radius 1 is 1.19 bits per heavy atom. The van der Waals surface area contributed by atoms with E-state index in [2.05, 4.69) is 42.3 Å². The molecule has 1 saturated heterocycles. The van der Waals surface area contributed by atoms with Gasteiger partial charge >= 0.3 is 0 Å². The fourth-order valence-electron chi connectivity index (χ4n) is 4.97. The number of fused-ring (bicyclic) bond motifs is 2. The molecule has 6 rings (SSSR count). The zero-order valence-electron chi connectivity index (χ0n) is 20.3. The molecule has 4 aromatic heterocycles. The van der Waals surface area contributed by atoms with E-state index in [1.54, 1.807) is 17.5 Å². The standard InChI is InChI=1S/C24H28N10OS/c1-14-12-36-20-19(14)27-13-28-21(20)34-23(25)30-24(31-34)29-17-9-16-11-33(8-5-18(16)26-10-17)22(35)15-3-6-32(2)7-4-15/h9-10,12-13,15H,3-8,11H2,1-2H3,(H3,25,29,30,31). The first kappa shape index (κ1) is 22.8. The van der Waals surface area contributed by atoms with Crippen LogP contribution in [0.4, 0.5) is 17.6 Å². The molecule has 0 aromatic carbocycles. The zero-order chi connectivity index (χ0) is 24.8. The van der Waals surface area contributed by atoms with Crippen molar-refractivity contribution in [2.45, 2.75) is 32.7 Å². The van der Waals surface area contributed by atoms with Gasteiger partial charge in [0.15, 0.2) is 5.82 Å². The molecule has 0 unspecified atom stereocenters. The number of nitrogens with zero attached hydrogens (tertiary/aromatic N) is 8. The van der Waals surface area contributed by atoms with Crippen molar-refractivity contribution in [1.29, 1.82) is 0 Å². The maximum absolute atomic E-state index is 13.1. The number of carbonyl (C=O) groups is 1. The van der Waals surface area contributed by atoms with Gasteiger partial charge in [-0.05, 0) is 62.5 Å². The molecule has 0 saturated carbocycles. The van der Waals surface area contributed by atoms with Crippen LogP contribution in [0.3, 0.4) is 0 Å². The highest BCUT2D eigenvalue weighted by Crippen LogP contribution is 2.29. The van der Waals surface area contributed by atoms with Gasteiger partial charge in [-0.3, -0.25) is 9.78 Å². The van der Waals surface area contributed by atoms with Gasteiger partial charge in [0, 0.05) is 31.1 Å². The molecule has 0 atom stereocenters. The van der Waals surface area contributed by atoms with Gasteiger partial charge in [0.1, 0.15) is 6.33 Å². The van der Waals surface area contributed by atoms with E-state index in [1.807, 2.05) is 23.3 Å². The quantitative estimate of drug-likeness (QED) is 0.430. The minimum absolute atomic E-state index is 0.119. The lowest BCUT2D eigenvalue weighted by molar-refractivity contribution is -0.138. The van der Waals surface area contributed by atoms with Crippen molar-refractivity contribution >= 4 is 45.0 Å². The van der Waals surface area contributed by atoms with Crippen molar-refractivity contribution < 1.29 is 4.79 Å². The summed E-state index contributed by atoms with van der Waals surface area (Å²) in [5, 5.41) is 9.80. The minimum Gasteiger partial charge on any atom is -0.368 e. The lowest BCUT2D eigenvalue weighted by Crippen LogP contribution is -2.43. The number of carbonyl (C=O) groups excluding carboxylic acids is 1. The van der Waals surface area contributed by atoms with Gasteiger partial charge in [0.25, 0.3) is 0 Å². The Kier molecular flexibility index (Phi) is 5.76. The van der Waals surface area contributed by atoms with Crippen LogP contribution in [-0.2, 0) is 17.8 Å². The topological polar surface area (TPSA) is 131 Å². The fourth-order valence-corrected chi connectivity index (χ4v) is 5.94. The molecule has 1 fully saturated rings. The molecule has 0 aliphatic carbocycles. The Morgan fingerprint density at radius 3 is 2.86 bits per heavy atom. The number of piperidine rings is 1. The zero-order valence-corrected chi connectivity index (χ0v) is 21.1. The molecule has 12 heteroatoms. The number of rotatable bonds is 4. The number of nitrogens with two attached hydrogens (primary N) is 1. The summed E-state index contributed by atoms with van der Waals surface area (Å²) in [5.41, 5.74) is 11.0. The van der Waals surface area contributed by atoms with Crippen LogP contribution < -0.4 is 11.1 Å². The van der Waals surface area contributed by atoms with Crippen LogP contribution in [0.25, 0.3) is 16.0 Å². The van der Waals surface area contributed by atoms with E-state index < -0.39 is 0 Å². The van der Waals surface area contributed by atoms with Crippen molar-refractivity contribution in [2.75, 3.05) is 37.7 Å². The number of pyridine rings is 1. The molecule has 2 aliphatic heterocycles. The summed E-state index contributed by atoms with van der Waals surface area (Å²) in [6.45, 7) is 5.26. The number of aryl methyl sites for hydroxylation is 1. The molecule has 0 spiro atoms. The van der Waals surface area contributed by atoms with E-state index in [-0.39, 0.29) is 17.8 Å². The van der Waals surface area contributed by atoms with E-state index in [4.69, 9.17) is 5.73 Å². The normalized spacial score (nSPS) is 16.9. The first-order valence-corrected chi connectivity index (χ1v) is 13.0. The Bertz CT molecular complexity index is 1440. The molecule has 4 aromatic rings. The highest BCUT2D eigenvalue weighted by molar-refractivity contribution is 7.17. The van der Waals surface area contributed by atoms with Gasteiger partial charge in [-0.2, -0.15) is 9.67 Å². The number of likely N-dealkylation sites (tertiary alicyclic amines) is 1. The SMILES string of the molecule is Cc1csc2c(-n3nc(Nc4cnc5c(c4)CN(C(=O)C4CCN(C)CC4)CC5)nc3N)ncnc12. The van der Waals surface area contributed by atoms with E-state index in [1.165, 1.54) is 11.0 Å². The molecule has 0 bridgehead atoms. The maximum Gasteiger partial charge on any atom is 0.248 e. The second kappa shape index (κ2) is 9.10. The molecule has 186 valence electrons. The van der Waals surface area contributed by atoms with Gasteiger partial charge in [0.05, 0.1) is 22.1 Å². The molecular formula is C24H28N10OS. The number of thiophene rings is 1. The summed E-state index contributed by atoms with van der Waals surface area (Å²) in [6.07, 6.45) is 5.90. The molecule has 2 aliphatic rings. The fraction of sp³-hybridized carbons (Fsp3) is 0.417. The number of amides is 1. The lowest BCUT2D eigenvalue weighted by atomic mass is 9.94. The molecule has 36 heavy (non-hydrogen) atoms. The summed E-state index contributed by atoms with van der Waals surface area (Å²) in [7, 11) is 2.11. The first-order chi connectivity index (χ1) is 17.5. The average molecular weight is 505 g/mol. The lowest BCUT2D eigenvalue weighted by Gasteiger charge is -2.34. The van der Waals surface area contributed by atoms with Crippen LogP contribution in [0.1, 0.15) is 29.7 Å². The third kappa shape index (κ3) is 4.16. The summed E-state index contributed by atoms with van der Waals surface area (Å²) in [4.78, 5) is 35.2. The second-order valence-electron chi connectivity index (χ2n) is 9.54. The Balaban J connectivity index is 1.20. The monoisotopic (exact) mass is 504 g/mol. The number of nitrogen functional groups attached to an aromatic ring is 1. The average Bonchev–Trinajstić information content (AvgIpc) is 3.45. The van der Waals surface area contributed by atoms with E-state index >= 15 is 0 Å². The van der Waals surface area contributed by atoms with Crippen molar-refractivity contribution in [3.63, 3.8) is 0 Å². The first-order valence-electron chi connectivity index (χ1n) is 12.1. The van der Waals surface area contributed by atoms with Gasteiger partial charge in [-0.15, -0.1) is 16.4 Å². The predicted octanol–water partition coefficient (Wildman–Crippen LogP) is 2.53. The van der Waals surface area contributed by atoms with E-state index in [0.29, 0.717) is 18.3 Å². The van der Waals surface area contributed by atoms with Gasteiger partial charge in [-0.1, -0.05) is 0 Å². The van der Waals surface area contributed by atoms with E-state index in [0.717, 1.165) is 71.6 Å². The molecule has 6 heterocycles. The van der Waals surface area contributed by atoms with Crippen LogP contribution in [0.15, 0.2) is 24.0 Å². The second-order valence-corrected chi connectivity index (χ2v) is 10.4. The van der Waals surface area contributed by atoms with Gasteiger partial charge < -0.3 is 20.9 Å². The smallest absolute Gasteiger partial charge is 0.248 e. The number of nitrogens with one attached hydrogen (secondary N) is 1. The van der Waals surface area contributed by atoms with Gasteiger partial charge in [0.2, 0.25) is 17.8 Å². The number of anilines is 3. The van der Waals surface area contributed by atoms with Crippen LogP contribution >= 0.6 is 11.3 Å². The molecular weight excluding hydrogens is 476 g/mol.